The summed E-state index contributed by atoms with van der Waals surface area (Å²) in [5.41, 5.74) is 7.88. The molecule has 0 spiro atoms. The monoisotopic (exact) mass is 194 g/mol. The first kappa shape index (κ1) is 8.75. The van der Waals surface area contributed by atoms with E-state index in [4.69, 9.17) is 5.73 Å². The van der Waals surface area contributed by atoms with Crippen molar-refractivity contribution in [3.63, 3.8) is 0 Å². The number of hydrogen-bond donors (Lipinski definition) is 2. The van der Waals surface area contributed by atoms with Crippen LogP contribution in [0.4, 0.5) is 11.4 Å². The van der Waals surface area contributed by atoms with Crippen molar-refractivity contribution in [1.82, 2.24) is 0 Å². The van der Waals surface area contributed by atoms with Crippen LogP contribution in [0.25, 0.3) is 0 Å². The second-order valence-electron chi connectivity index (χ2n) is 4.05. The van der Waals surface area contributed by atoms with Gasteiger partial charge in [0.25, 0.3) is 0 Å². The number of nitrogens with one attached hydrogen (secondary N) is 1. The molecule has 0 amide bonds. The third kappa shape index (κ3) is 1.75. The summed E-state index contributed by atoms with van der Waals surface area (Å²) in [7, 11) is 0. The van der Waals surface area contributed by atoms with Crippen LogP contribution in [-0.2, 0) is 0 Å². The van der Waals surface area contributed by atoms with Gasteiger partial charge < -0.3 is 11.1 Å². The number of nitrogen functional groups attached to an aromatic ring is 1. The lowest BCUT2D eigenvalue weighted by atomic mass is 10.1. The first-order valence-electron chi connectivity index (χ1n) is 4.37. The van der Waals surface area contributed by atoms with E-state index >= 15 is 0 Å². The molecule has 1 aliphatic rings. The standard InChI is InChI=1S/C10H14N2S/c1-10(2)6-13-9-4-3-7(11)5-8(9)12-10/h3-5,12H,6,11H2,1-2H3. The van der Waals surface area contributed by atoms with Gasteiger partial charge in [-0.2, -0.15) is 0 Å². The molecule has 70 valence electrons. The Bertz CT molecular complexity index is 334. The van der Waals surface area contributed by atoms with Crippen LogP contribution in [0.5, 0.6) is 0 Å². The highest BCUT2D eigenvalue weighted by Crippen LogP contribution is 2.37. The maximum atomic E-state index is 5.72. The SMILES string of the molecule is CC1(C)CSc2ccc(N)cc2N1. The highest BCUT2D eigenvalue weighted by molar-refractivity contribution is 7.99. The Morgan fingerprint density at radius 3 is 3.00 bits per heavy atom. The quantitative estimate of drug-likeness (QED) is 0.623. The Morgan fingerprint density at radius 1 is 1.46 bits per heavy atom. The third-order valence-corrected chi connectivity index (χ3v) is 3.60. The van der Waals surface area contributed by atoms with Crippen molar-refractivity contribution in [2.24, 2.45) is 0 Å². The number of rotatable bonds is 0. The van der Waals surface area contributed by atoms with Crippen molar-refractivity contribution in [3.05, 3.63) is 18.2 Å². The topological polar surface area (TPSA) is 38.0 Å². The van der Waals surface area contributed by atoms with E-state index in [1.54, 1.807) is 0 Å². The molecule has 3 N–H and O–H groups in total. The smallest absolute Gasteiger partial charge is 0.0503 e. The maximum Gasteiger partial charge on any atom is 0.0503 e. The summed E-state index contributed by atoms with van der Waals surface area (Å²) < 4.78 is 0. The molecule has 0 saturated carbocycles. The van der Waals surface area contributed by atoms with Gasteiger partial charge in [-0.1, -0.05) is 0 Å². The zero-order chi connectivity index (χ0) is 9.47. The lowest BCUT2D eigenvalue weighted by Crippen LogP contribution is -2.36. The van der Waals surface area contributed by atoms with Crippen LogP contribution in [-0.4, -0.2) is 11.3 Å². The molecule has 1 heterocycles. The molecule has 0 bridgehead atoms. The van der Waals surface area contributed by atoms with E-state index in [2.05, 4.69) is 25.2 Å². The molecule has 13 heavy (non-hydrogen) atoms. The van der Waals surface area contributed by atoms with Crippen LogP contribution in [0.15, 0.2) is 23.1 Å². The van der Waals surface area contributed by atoms with Gasteiger partial charge in [-0.15, -0.1) is 11.8 Å². The van der Waals surface area contributed by atoms with Gasteiger partial charge in [0.2, 0.25) is 0 Å². The minimum atomic E-state index is 0.172. The molecule has 0 aromatic heterocycles. The summed E-state index contributed by atoms with van der Waals surface area (Å²) in [6, 6.07) is 6.03. The Morgan fingerprint density at radius 2 is 2.23 bits per heavy atom. The van der Waals surface area contributed by atoms with Crippen molar-refractivity contribution in [2.45, 2.75) is 24.3 Å². The number of nitrogens with two attached hydrogens (primary N) is 1. The van der Waals surface area contributed by atoms with Crippen molar-refractivity contribution in [3.8, 4) is 0 Å². The molecular formula is C10H14N2S. The number of fused-ring (bicyclic) bond motifs is 1. The molecule has 0 aliphatic carbocycles. The Balaban J connectivity index is 2.38. The summed E-state index contributed by atoms with van der Waals surface area (Å²) >= 11 is 1.89. The molecule has 3 heteroatoms. The summed E-state index contributed by atoms with van der Waals surface area (Å²) in [6.07, 6.45) is 0. The zero-order valence-corrected chi connectivity index (χ0v) is 8.74. The lowest BCUT2D eigenvalue weighted by Gasteiger charge is -2.33. The van der Waals surface area contributed by atoms with E-state index < -0.39 is 0 Å². The van der Waals surface area contributed by atoms with E-state index in [0.717, 1.165) is 11.4 Å². The van der Waals surface area contributed by atoms with Crippen molar-refractivity contribution >= 4 is 23.1 Å². The highest BCUT2D eigenvalue weighted by atomic mass is 32.2. The zero-order valence-electron chi connectivity index (χ0n) is 7.92. The summed E-state index contributed by atoms with van der Waals surface area (Å²) in [6.45, 7) is 4.40. The van der Waals surface area contributed by atoms with Crippen LogP contribution < -0.4 is 11.1 Å². The number of benzene rings is 1. The number of anilines is 2. The molecule has 2 rings (SSSR count). The van der Waals surface area contributed by atoms with E-state index in [-0.39, 0.29) is 5.54 Å². The van der Waals surface area contributed by atoms with Crippen LogP contribution in [0.2, 0.25) is 0 Å². The van der Waals surface area contributed by atoms with Crippen LogP contribution in [0.1, 0.15) is 13.8 Å². The van der Waals surface area contributed by atoms with E-state index in [9.17, 15) is 0 Å². The fraction of sp³-hybridized carbons (Fsp3) is 0.400. The van der Waals surface area contributed by atoms with E-state index in [0.29, 0.717) is 0 Å². The molecule has 0 unspecified atom stereocenters. The van der Waals surface area contributed by atoms with Gasteiger partial charge in [0.15, 0.2) is 0 Å². The molecule has 1 aromatic carbocycles. The van der Waals surface area contributed by atoms with Gasteiger partial charge in [0.05, 0.1) is 5.69 Å². The predicted octanol–water partition coefficient (Wildman–Crippen LogP) is 2.56. The largest absolute Gasteiger partial charge is 0.399 e. The third-order valence-electron chi connectivity index (χ3n) is 2.07. The van der Waals surface area contributed by atoms with Gasteiger partial charge >= 0.3 is 0 Å². The molecule has 0 saturated heterocycles. The number of thioether (sulfide) groups is 1. The Kier molecular flexibility index (Phi) is 1.91. The van der Waals surface area contributed by atoms with Gasteiger partial charge in [0.1, 0.15) is 0 Å². The molecule has 0 fully saturated rings. The summed E-state index contributed by atoms with van der Waals surface area (Å²) in [5, 5.41) is 3.48. The highest BCUT2D eigenvalue weighted by Gasteiger charge is 2.24. The van der Waals surface area contributed by atoms with Crippen LogP contribution in [0, 0.1) is 0 Å². The minimum absolute atomic E-state index is 0.172. The average Bonchev–Trinajstić information content (AvgIpc) is 2.01. The normalized spacial score (nSPS) is 18.9. The van der Waals surface area contributed by atoms with Crippen molar-refractivity contribution in [2.75, 3.05) is 16.8 Å². The molecule has 2 nitrogen and oxygen atoms in total. The minimum Gasteiger partial charge on any atom is -0.399 e. The Hall–Kier alpha value is -0.830. The number of hydrogen-bond acceptors (Lipinski definition) is 3. The molecule has 1 aliphatic heterocycles. The van der Waals surface area contributed by atoms with Gasteiger partial charge in [-0.05, 0) is 32.0 Å². The van der Waals surface area contributed by atoms with Crippen molar-refractivity contribution < 1.29 is 0 Å². The van der Waals surface area contributed by atoms with Crippen LogP contribution >= 0.6 is 11.8 Å². The summed E-state index contributed by atoms with van der Waals surface area (Å²) in [4.78, 5) is 1.30. The first-order valence-corrected chi connectivity index (χ1v) is 5.36. The molecule has 1 aromatic rings. The maximum absolute atomic E-state index is 5.72. The first-order chi connectivity index (χ1) is 6.07. The molecule has 0 radical (unpaired) electrons. The van der Waals surface area contributed by atoms with Crippen LogP contribution in [0.3, 0.4) is 0 Å². The lowest BCUT2D eigenvalue weighted by molar-refractivity contribution is 0.637. The van der Waals surface area contributed by atoms with Gasteiger partial charge in [0, 0.05) is 21.9 Å². The predicted molar refractivity (Wildman–Crippen MR) is 59.3 cm³/mol. The molecular weight excluding hydrogens is 180 g/mol. The second-order valence-corrected chi connectivity index (χ2v) is 5.07. The van der Waals surface area contributed by atoms with Gasteiger partial charge in [-0.25, -0.2) is 0 Å². The van der Waals surface area contributed by atoms with Gasteiger partial charge in [-0.3, -0.25) is 0 Å². The summed E-state index contributed by atoms with van der Waals surface area (Å²) in [5.74, 6) is 1.10. The van der Waals surface area contributed by atoms with E-state index in [1.165, 1.54) is 10.6 Å². The fourth-order valence-electron chi connectivity index (χ4n) is 1.43. The fourth-order valence-corrected chi connectivity index (χ4v) is 2.45. The Labute approximate surface area is 82.9 Å². The average molecular weight is 194 g/mol. The second kappa shape index (κ2) is 2.84. The van der Waals surface area contributed by atoms with E-state index in [1.807, 2.05) is 23.9 Å². The molecule has 0 atom stereocenters. The van der Waals surface area contributed by atoms with Crippen molar-refractivity contribution in [1.29, 1.82) is 0 Å².